The number of sulfonamides is 1. The molecule has 0 bridgehead atoms. The van der Waals surface area contributed by atoms with E-state index in [9.17, 15) is 13.5 Å². The molecule has 21 heavy (non-hydrogen) atoms. The molecule has 2 N–H and O–H groups in total. The SMILES string of the molecule is Cc1cnc(C(C)NS(=O)(=O)c2c(C)oc(C)c2CO)s1. The molecule has 0 aliphatic carbocycles. The van der Waals surface area contributed by atoms with Crippen LogP contribution in [0.1, 0.15) is 39.9 Å². The minimum atomic E-state index is -3.79. The number of nitrogens with zero attached hydrogens (tertiary/aromatic N) is 1. The van der Waals surface area contributed by atoms with Crippen molar-refractivity contribution in [3.8, 4) is 0 Å². The minimum absolute atomic E-state index is 0.0163. The summed E-state index contributed by atoms with van der Waals surface area (Å²) >= 11 is 1.44. The highest BCUT2D eigenvalue weighted by molar-refractivity contribution is 7.89. The number of hydrogen-bond acceptors (Lipinski definition) is 6. The number of rotatable bonds is 5. The van der Waals surface area contributed by atoms with E-state index in [1.54, 1.807) is 27.0 Å². The molecule has 0 saturated heterocycles. The van der Waals surface area contributed by atoms with E-state index in [1.165, 1.54) is 11.3 Å². The monoisotopic (exact) mass is 330 g/mol. The quantitative estimate of drug-likeness (QED) is 0.876. The van der Waals surface area contributed by atoms with Crippen LogP contribution >= 0.6 is 11.3 Å². The number of aliphatic hydroxyl groups excluding tert-OH is 1. The molecule has 8 heteroatoms. The summed E-state index contributed by atoms with van der Waals surface area (Å²) in [5.74, 6) is 0.680. The maximum atomic E-state index is 12.5. The number of furan rings is 1. The smallest absolute Gasteiger partial charge is 0.245 e. The maximum absolute atomic E-state index is 12.5. The Morgan fingerprint density at radius 1 is 1.38 bits per heavy atom. The first-order valence-corrected chi connectivity index (χ1v) is 8.70. The number of nitrogens with one attached hydrogen (secondary N) is 1. The molecule has 0 aromatic carbocycles. The van der Waals surface area contributed by atoms with Crippen molar-refractivity contribution in [2.75, 3.05) is 0 Å². The third-order valence-corrected chi connectivity index (χ3v) is 5.92. The summed E-state index contributed by atoms with van der Waals surface area (Å²) in [6, 6.07) is -0.449. The predicted octanol–water partition coefficient (Wildman–Crippen LogP) is 2.19. The van der Waals surface area contributed by atoms with Crippen molar-refractivity contribution in [2.45, 2.75) is 45.2 Å². The molecule has 2 heterocycles. The number of thiazole rings is 1. The fourth-order valence-electron chi connectivity index (χ4n) is 2.16. The topological polar surface area (TPSA) is 92.4 Å². The molecule has 2 aromatic heterocycles. The van der Waals surface area contributed by atoms with E-state index in [4.69, 9.17) is 4.42 Å². The summed E-state index contributed by atoms with van der Waals surface area (Å²) in [4.78, 5) is 5.21. The lowest BCUT2D eigenvalue weighted by Gasteiger charge is -2.12. The highest BCUT2D eigenvalue weighted by atomic mass is 32.2. The summed E-state index contributed by atoms with van der Waals surface area (Å²) in [6.45, 7) is 6.46. The molecular weight excluding hydrogens is 312 g/mol. The van der Waals surface area contributed by atoms with E-state index in [2.05, 4.69) is 9.71 Å². The van der Waals surface area contributed by atoms with Crippen LogP contribution < -0.4 is 4.72 Å². The molecule has 0 spiro atoms. The van der Waals surface area contributed by atoms with Crippen LogP contribution in [0.3, 0.4) is 0 Å². The van der Waals surface area contributed by atoms with Gasteiger partial charge in [0.2, 0.25) is 10.0 Å². The van der Waals surface area contributed by atoms with Gasteiger partial charge >= 0.3 is 0 Å². The molecule has 0 aliphatic heterocycles. The fraction of sp³-hybridized carbons (Fsp3) is 0.462. The summed E-state index contributed by atoms with van der Waals surface area (Å²) < 4.78 is 33.0. The number of hydrogen-bond donors (Lipinski definition) is 2. The van der Waals surface area contributed by atoms with Crippen molar-refractivity contribution < 1.29 is 17.9 Å². The zero-order valence-electron chi connectivity index (χ0n) is 12.3. The third-order valence-electron chi connectivity index (χ3n) is 3.09. The average molecular weight is 330 g/mol. The van der Waals surface area contributed by atoms with Gasteiger partial charge in [0.25, 0.3) is 0 Å². The van der Waals surface area contributed by atoms with Gasteiger partial charge in [-0.2, -0.15) is 0 Å². The van der Waals surface area contributed by atoms with Crippen molar-refractivity contribution in [1.29, 1.82) is 0 Å². The zero-order chi connectivity index (χ0) is 15.8. The van der Waals surface area contributed by atoms with Crippen molar-refractivity contribution in [3.63, 3.8) is 0 Å². The Hall–Kier alpha value is -1.22. The second-order valence-electron chi connectivity index (χ2n) is 4.83. The van der Waals surface area contributed by atoms with Crippen LogP contribution in [0.4, 0.5) is 0 Å². The second kappa shape index (κ2) is 5.88. The van der Waals surface area contributed by atoms with Crippen molar-refractivity contribution in [3.05, 3.63) is 33.2 Å². The van der Waals surface area contributed by atoms with Crippen LogP contribution in [-0.4, -0.2) is 18.5 Å². The molecular formula is C13H18N2O4S2. The molecule has 116 valence electrons. The Bertz CT molecular complexity index is 746. The van der Waals surface area contributed by atoms with Crippen molar-refractivity contribution in [1.82, 2.24) is 9.71 Å². The molecule has 6 nitrogen and oxygen atoms in total. The lowest BCUT2D eigenvalue weighted by atomic mass is 10.2. The van der Waals surface area contributed by atoms with E-state index in [-0.39, 0.29) is 17.3 Å². The zero-order valence-corrected chi connectivity index (χ0v) is 13.9. The van der Waals surface area contributed by atoms with Crippen LogP contribution in [-0.2, 0) is 16.6 Å². The van der Waals surface area contributed by atoms with Crippen LogP contribution in [0.5, 0.6) is 0 Å². The normalized spacial score (nSPS) is 13.6. The van der Waals surface area contributed by atoms with Gasteiger partial charge in [-0.15, -0.1) is 11.3 Å². The van der Waals surface area contributed by atoms with Crippen molar-refractivity contribution in [2.24, 2.45) is 0 Å². The van der Waals surface area contributed by atoms with Gasteiger partial charge in [-0.25, -0.2) is 18.1 Å². The van der Waals surface area contributed by atoms with Gasteiger partial charge < -0.3 is 9.52 Å². The van der Waals surface area contributed by atoms with Gasteiger partial charge in [0, 0.05) is 16.6 Å². The summed E-state index contributed by atoms with van der Waals surface area (Å²) in [5, 5.41) is 10.1. The first kappa shape index (κ1) is 16.2. The Kier molecular flexibility index (Phi) is 4.52. The summed E-state index contributed by atoms with van der Waals surface area (Å²) in [7, 11) is -3.79. The fourth-order valence-corrected chi connectivity index (χ4v) is 4.66. The number of aryl methyl sites for hydroxylation is 3. The largest absolute Gasteiger partial charge is 0.465 e. The first-order valence-electron chi connectivity index (χ1n) is 6.40. The van der Waals surface area contributed by atoms with Gasteiger partial charge in [-0.1, -0.05) is 0 Å². The summed E-state index contributed by atoms with van der Waals surface area (Å²) in [6.07, 6.45) is 1.71. The van der Waals surface area contributed by atoms with E-state index in [0.29, 0.717) is 16.3 Å². The minimum Gasteiger partial charge on any atom is -0.465 e. The molecule has 0 aliphatic rings. The Morgan fingerprint density at radius 3 is 2.57 bits per heavy atom. The van der Waals surface area contributed by atoms with Gasteiger partial charge in [0.15, 0.2) is 0 Å². The molecule has 0 amide bonds. The number of aromatic nitrogens is 1. The molecule has 1 atom stereocenters. The lowest BCUT2D eigenvalue weighted by molar-refractivity contribution is 0.276. The Balaban J connectivity index is 2.35. The Labute approximate surface area is 127 Å². The van der Waals surface area contributed by atoms with Gasteiger partial charge in [-0.3, -0.25) is 0 Å². The molecule has 0 radical (unpaired) electrons. The van der Waals surface area contributed by atoms with Gasteiger partial charge in [0.05, 0.1) is 12.6 Å². The van der Waals surface area contributed by atoms with E-state index in [0.717, 1.165) is 4.88 Å². The van der Waals surface area contributed by atoms with Crippen LogP contribution in [0.15, 0.2) is 15.5 Å². The molecule has 2 aromatic rings. The van der Waals surface area contributed by atoms with Crippen LogP contribution in [0, 0.1) is 20.8 Å². The second-order valence-corrected chi connectivity index (χ2v) is 7.75. The van der Waals surface area contributed by atoms with Crippen LogP contribution in [0.2, 0.25) is 0 Å². The third kappa shape index (κ3) is 3.18. The van der Waals surface area contributed by atoms with E-state index in [1.807, 2.05) is 6.92 Å². The number of aliphatic hydroxyl groups is 1. The van der Waals surface area contributed by atoms with Gasteiger partial charge in [-0.05, 0) is 27.7 Å². The molecule has 0 saturated carbocycles. The summed E-state index contributed by atoms with van der Waals surface area (Å²) in [5.41, 5.74) is 0.294. The average Bonchev–Trinajstić information content (AvgIpc) is 2.92. The predicted molar refractivity (Wildman–Crippen MR) is 79.7 cm³/mol. The maximum Gasteiger partial charge on any atom is 0.245 e. The molecule has 2 rings (SSSR count). The van der Waals surface area contributed by atoms with Gasteiger partial charge in [0.1, 0.15) is 21.4 Å². The van der Waals surface area contributed by atoms with E-state index < -0.39 is 16.1 Å². The molecule has 1 unspecified atom stereocenters. The standard InChI is InChI=1S/C13H18N2O4S2/c1-7-5-14-13(20-7)8(2)15-21(17,18)12-10(4)19-9(3)11(12)6-16/h5,8,15-16H,6H2,1-4H3. The first-order chi connectivity index (χ1) is 9.76. The molecule has 0 fully saturated rings. The highest BCUT2D eigenvalue weighted by Crippen LogP contribution is 2.28. The van der Waals surface area contributed by atoms with E-state index >= 15 is 0 Å². The van der Waals surface area contributed by atoms with Crippen LogP contribution in [0.25, 0.3) is 0 Å². The Morgan fingerprint density at radius 2 is 2.05 bits per heavy atom. The highest BCUT2D eigenvalue weighted by Gasteiger charge is 2.28. The lowest BCUT2D eigenvalue weighted by Crippen LogP contribution is -2.27. The van der Waals surface area contributed by atoms with Crippen molar-refractivity contribution >= 4 is 21.4 Å².